The number of sulfonamides is 1. The number of rotatable bonds is 11. The van der Waals surface area contributed by atoms with Gasteiger partial charge in [-0.2, -0.15) is 0 Å². The molecule has 0 saturated carbocycles. The highest BCUT2D eigenvalue weighted by molar-refractivity contribution is 7.92. The molecule has 9 heteroatoms. The number of benzene rings is 3. The van der Waals surface area contributed by atoms with E-state index in [0.717, 1.165) is 27.4 Å². The Hall–Kier alpha value is -3.36. The van der Waals surface area contributed by atoms with Gasteiger partial charge in [0.25, 0.3) is 10.0 Å². The molecule has 0 heterocycles. The summed E-state index contributed by atoms with van der Waals surface area (Å²) in [5.74, 6) is -0.825. The van der Waals surface area contributed by atoms with E-state index < -0.39 is 28.5 Å². The van der Waals surface area contributed by atoms with Crippen LogP contribution in [0.15, 0.2) is 77.7 Å². The van der Waals surface area contributed by atoms with Crippen molar-refractivity contribution < 1.29 is 18.0 Å². The molecule has 0 aliphatic carbocycles. The zero-order valence-electron chi connectivity index (χ0n) is 22.1. The first kappa shape index (κ1) is 29.2. The number of nitrogens with zero attached hydrogens (tertiary/aromatic N) is 2. The average molecular weight is 556 g/mol. The fourth-order valence-corrected chi connectivity index (χ4v) is 5.79. The number of halogens is 1. The van der Waals surface area contributed by atoms with Gasteiger partial charge in [0, 0.05) is 18.1 Å². The van der Waals surface area contributed by atoms with Crippen LogP contribution in [0.25, 0.3) is 0 Å². The molecule has 1 N–H and O–H groups in total. The number of hydrogen-bond donors (Lipinski definition) is 1. The van der Waals surface area contributed by atoms with Crippen LogP contribution < -0.4 is 9.62 Å². The summed E-state index contributed by atoms with van der Waals surface area (Å²) in [5.41, 5.74) is 2.84. The van der Waals surface area contributed by atoms with E-state index in [-0.39, 0.29) is 17.3 Å². The third-order valence-corrected chi connectivity index (χ3v) is 8.09. The summed E-state index contributed by atoms with van der Waals surface area (Å²) in [5, 5.41) is 3.33. The second-order valence-corrected chi connectivity index (χ2v) is 11.6. The molecule has 0 bridgehead atoms. The number of aryl methyl sites for hydroxylation is 2. The minimum atomic E-state index is -4.09. The van der Waals surface area contributed by atoms with Crippen LogP contribution in [-0.4, -0.2) is 44.3 Å². The Morgan fingerprint density at radius 2 is 1.61 bits per heavy atom. The molecule has 3 aromatic carbocycles. The summed E-state index contributed by atoms with van der Waals surface area (Å²) in [6.07, 6.45) is 0.747. The third-order valence-electron chi connectivity index (χ3n) is 6.06. The Balaban J connectivity index is 2.04. The minimum absolute atomic E-state index is 0.0714. The highest BCUT2D eigenvalue weighted by Gasteiger charge is 2.32. The second-order valence-electron chi connectivity index (χ2n) is 9.29. The van der Waals surface area contributed by atoms with Crippen molar-refractivity contribution in [1.29, 1.82) is 0 Å². The molecule has 2 amide bonds. The molecule has 0 saturated heterocycles. The van der Waals surface area contributed by atoms with Crippen molar-refractivity contribution in [1.82, 2.24) is 10.2 Å². The van der Waals surface area contributed by atoms with Crippen molar-refractivity contribution in [3.05, 3.63) is 94.5 Å². The molecule has 0 aliphatic rings. The average Bonchev–Trinajstić information content (AvgIpc) is 2.88. The standard InChI is InChI=1S/C29H34ClN3O4S/c1-5-14-31-29(35)23(4)32(19-24-10-9-11-25(30)18-24)28(34)20-33(26-16-21(2)15-22(3)17-26)38(36,37)27-12-7-6-8-13-27/h6-13,15-18,23H,5,14,19-20H2,1-4H3,(H,31,35). The van der Waals surface area contributed by atoms with Crippen LogP contribution >= 0.6 is 11.6 Å². The number of hydrogen-bond acceptors (Lipinski definition) is 4. The van der Waals surface area contributed by atoms with Crippen LogP contribution in [0, 0.1) is 13.8 Å². The SMILES string of the molecule is CCCNC(=O)C(C)N(Cc1cccc(Cl)c1)C(=O)CN(c1cc(C)cc(C)c1)S(=O)(=O)c1ccccc1. The molecule has 3 rings (SSSR count). The lowest BCUT2D eigenvalue weighted by atomic mass is 10.1. The molecule has 202 valence electrons. The van der Waals surface area contributed by atoms with E-state index in [9.17, 15) is 18.0 Å². The van der Waals surface area contributed by atoms with Crippen LogP contribution in [0.3, 0.4) is 0 Å². The number of carbonyl (C=O) groups is 2. The molecule has 0 aliphatic heterocycles. The molecular formula is C29H34ClN3O4S. The van der Waals surface area contributed by atoms with Crippen molar-refractivity contribution in [2.75, 3.05) is 17.4 Å². The van der Waals surface area contributed by atoms with Crippen molar-refractivity contribution in [2.45, 2.75) is 51.6 Å². The highest BCUT2D eigenvalue weighted by atomic mass is 35.5. The van der Waals surface area contributed by atoms with Gasteiger partial charge < -0.3 is 10.2 Å². The Morgan fingerprint density at radius 3 is 2.21 bits per heavy atom. The van der Waals surface area contributed by atoms with E-state index in [1.807, 2.05) is 32.9 Å². The summed E-state index contributed by atoms with van der Waals surface area (Å²) >= 11 is 6.17. The van der Waals surface area contributed by atoms with Gasteiger partial charge in [-0.15, -0.1) is 0 Å². The Bertz CT molecular complexity index is 1360. The van der Waals surface area contributed by atoms with E-state index in [1.165, 1.54) is 17.0 Å². The maximum atomic E-state index is 13.9. The van der Waals surface area contributed by atoms with Gasteiger partial charge in [0.1, 0.15) is 12.6 Å². The van der Waals surface area contributed by atoms with E-state index in [1.54, 1.807) is 55.5 Å². The summed E-state index contributed by atoms with van der Waals surface area (Å²) in [6, 6.07) is 19.6. The monoisotopic (exact) mass is 555 g/mol. The second kappa shape index (κ2) is 12.9. The molecule has 3 aromatic rings. The highest BCUT2D eigenvalue weighted by Crippen LogP contribution is 2.26. The first-order valence-corrected chi connectivity index (χ1v) is 14.3. The Kier molecular flexibility index (Phi) is 9.94. The Labute approximate surface area is 230 Å². The van der Waals surface area contributed by atoms with E-state index in [0.29, 0.717) is 17.3 Å². The quantitative estimate of drug-likeness (QED) is 0.357. The van der Waals surface area contributed by atoms with E-state index in [2.05, 4.69) is 5.32 Å². The molecule has 1 atom stereocenters. The maximum absolute atomic E-state index is 13.9. The van der Waals surface area contributed by atoms with Gasteiger partial charge in [0.2, 0.25) is 11.8 Å². The van der Waals surface area contributed by atoms with Crippen LogP contribution in [0.4, 0.5) is 5.69 Å². The van der Waals surface area contributed by atoms with Crippen molar-refractivity contribution in [3.63, 3.8) is 0 Å². The fraction of sp³-hybridized carbons (Fsp3) is 0.310. The van der Waals surface area contributed by atoms with E-state index >= 15 is 0 Å². The van der Waals surface area contributed by atoms with Gasteiger partial charge in [-0.3, -0.25) is 13.9 Å². The summed E-state index contributed by atoms with van der Waals surface area (Å²) in [7, 11) is -4.09. The lowest BCUT2D eigenvalue weighted by Gasteiger charge is -2.32. The first-order valence-electron chi connectivity index (χ1n) is 12.5. The number of nitrogens with one attached hydrogen (secondary N) is 1. The molecule has 0 aromatic heterocycles. The number of anilines is 1. The lowest BCUT2D eigenvalue weighted by Crippen LogP contribution is -2.51. The van der Waals surface area contributed by atoms with Gasteiger partial charge in [0.05, 0.1) is 10.6 Å². The molecule has 0 fully saturated rings. The molecule has 38 heavy (non-hydrogen) atoms. The van der Waals surface area contributed by atoms with Crippen LogP contribution in [0.2, 0.25) is 5.02 Å². The number of carbonyl (C=O) groups excluding carboxylic acids is 2. The van der Waals surface area contributed by atoms with Crippen LogP contribution in [0.5, 0.6) is 0 Å². The van der Waals surface area contributed by atoms with Gasteiger partial charge in [-0.1, -0.05) is 54.9 Å². The Morgan fingerprint density at radius 1 is 0.947 bits per heavy atom. The summed E-state index contributed by atoms with van der Waals surface area (Å²) in [4.78, 5) is 28.3. The van der Waals surface area contributed by atoms with Gasteiger partial charge in [-0.25, -0.2) is 8.42 Å². The minimum Gasteiger partial charge on any atom is -0.354 e. The van der Waals surface area contributed by atoms with Crippen LogP contribution in [0.1, 0.15) is 37.0 Å². The van der Waals surface area contributed by atoms with Crippen molar-refractivity contribution in [2.24, 2.45) is 0 Å². The topological polar surface area (TPSA) is 86.8 Å². The molecule has 1 unspecified atom stereocenters. The smallest absolute Gasteiger partial charge is 0.264 e. The number of amides is 2. The van der Waals surface area contributed by atoms with Crippen molar-refractivity contribution in [3.8, 4) is 0 Å². The predicted molar refractivity (Wildman–Crippen MR) is 152 cm³/mol. The zero-order chi connectivity index (χ0) is 27.9. The van der Waals surface area contributed by atoms with Crippen LogP contribution in [-0.2, 0) is 26.2 Å². The molecule has 7 nitrogen and oxygen atoms in total. The predicted octanol–water partition coefficient (Wildman–Crippen LogP) is 5.10. The van der Waals surface area contributed by atoms with Gasteiger partial charge in [-0.05, 0) is 80.3 Å². The normalized spacial score (nSPS) is 12.0. The molecule has 0 radical (unpaired) electrons. The third kappa shape index (κ3) is 7.36. The summed E-state index contributed by atoms with van der Waals surface area (Å²) < 4.78 is 28.8. The summed E-state index contributed by atoms with van der Waals surface area (Å²) in [6.45, 7) is 7.41. The zero-order valence-corrected chi connectivity index (χ0v) is 23.7. The molecular weight excluding hydrogens is 522 g/mol. The largest absolute Gasteiger partial charge is 0.354 e. The lowest BCUT2D eigenvalue weighted by molar-refractivity contribution is -0.139. The maximum Gasteiger partial charge on any atom is 0.264 e. The first-order chi connectivity index (χ1) is 18.0. The van der Waals surface area contributed by atoms with E-state index in [4.69, 9.17) is 11.6 Å². The fourth-order valence-electron chi connectivity index (χ4n) is 4.15. The molecule has 0 spiro atoms. The van der Waals surface area contributed by atoms with Crippen molar-refractivity contribution >= 4 is 39.1 Å². The van der Waals surface area contributed by atoms with Gasteiger partial charge >= 0.3 is 0 Å². The van der Waals surface area contributed by atoms with Gasteiger partial charge in [0.15, 0.2) is 0 Å².